The number of nitrogens with one attached hydrogen (secondary N) is 5. The van der Waals surface area contributed by atoms with E-state index in [1.807, 2.05) is 82.3 Å². The third kappa shape index (κ3) is 15.5. The molecule has 6 aliphatic rings. The van der Waals surface area contributed by atoms with Crippen LogP contribution in [-0.2, 0) is 68.3 Å². The van der Waals surface area contributed by atoms with Crippen molar-refractivity contribution in [3.8, 4) is 34.5 Å². The van der Waals surface area contributed by atoms with Gasteiger partial charge in [0, 0.05) is 92.8 Å². The van der Waals surface area contributed by atoms with Gasteiger partial charge in [-0.1, -0.05) is 40.0 Å². The number of H-pyrrole nitrogens is 1. The van der Waals surface area contributed by atoms with Crippen molar-refractivity contribution in [2.45, 2.75) is 155 Å². The van der Waals surface area contributed by atoms with Crippen LogP contribution in [0.4, 0.5) is 30.6 Å². The highest BCUT2D eigenvalue weighted by Crippen LogP contribution is 2.47. The Kier molecular flexibility index (Phi) is 21.4. The SMILES string of the molecule is CCCCOC(F)(F)F.CCCCn1nc2c(c1N)C(=O)N[C@]1(CCOc3cc(OCC)ccc31)C2.CCCCn1nc2c(c1NC(=O)CS(C)(=O)=O)C(=O)N[C@]1(CCOc3cc(OCC)ccc31)C2.CCOc1ccc2c(c1)OCC[C@@]21Cc2[nH]nc(N)c2C(=O)N1. The molecule has 6 aromatic rings. The highest BCUT2D eigenvalue weighted by atomic mass is 32.2. The van der Waals surface area contributed by atoms with Gasteiger partial charge in [0.05, 0.1) is 79.9 Å². The van der Waals surface area contributed by atoms with Crippen molar-refractivity contribution in [1.29, 1.82) is 0 Å². The molecule has 3 atom stereocenters. The van der Waals surface area contributed by atoms with Crippen molar-refractivity contribution in [2.24, 2.45) is 0 Å². The van der Waals surface area contributed by atoms with Crippen LogP contribution >= 0.6 is 0 Å². The Morgan fingerprint density at radius 3 is 1.52 bits per heavy atom. The Morgan fingerprint density at radius 1 is 0.634 bits per heavy atom. The van der Waals surface area contributed by atoms with Crippen LogP contribution in [0, 0.1) is 0 Å². The van der Waals surface area contributed by atoms with Crippen LogP contribution in [-0.4, -0.2) is 126 Å². The molecule has 0 aliphatic carbocycles. The second kappa shape index (κ2) is 29.1. The van der Waals surface area contributed by atoms with Crippen molar-refractivity contribution >= 4 is 50.9 Å². The molecule has 0 saturated heterocycles. The van der Waals surface area contributed by atoms with Crippen molar-refractivity contribution in [2.75, 3.05) is 75.0 Å². The van der Waals surface area contributed by atoms with Gasteiger partial charge >= 0.3 is 6.36 Å². The second-order valence-electron chi connectivity index (χ2n) is 23.5. The van der Waals surface area contributed by atoms with Crippen LogP contribution < -0.4 is 61.2 Å². The van der Waals surface area contributed by atoms with Gasteiger partial charge in [-0.3, -0.25) is 29.0 Å². The summed E-state index contributed by atoms with van der Waals surface area (Å²) in [4.78, 5) is 51.3. The maximum atomic E-state index is 13.4. The number of ether oxygens (including phenoxy) is 7. The van der Waals surface area contributed by atoms with Gasteiger partial charge in [0.15, 0.2) is 15.7 Å². The van der Waals surface area contributed by atoms with Gasteiger partial charge in [0.25, 0.3) is 17.7 Å². The van der Waals surface area contributed by atoms with Gasteiger partial charge in [0.2, 0.25) is 5.91 Å². The average Bonchev–Trinajstić information content (AvgIpc) is 1.73. The zero-order valence-electron chi connectivity index (χ0n) is 53.5. The first-order valence-corrected chi connectivity index (χ1v) is 33.6. The number of carbonyl (C=O) groups is 4. The Balaban J connectivity index is 0.000000156. The van der Waals surface area contributed by atoms with Gasteiger partial charge < -0.3 is 61.2 Å². The number of anilines is 3. The van der Waals surface area contributed by atoms with E-state index in [2.05, 4.69) is 53.3 Å². The number of aromatic amines is 1. The third-order valence-corrected chi connectivity index (χ3v) is 17.5. The number of sulfone groups is 1. The molecule has 0 bridgehead atoms. The molecule has 25 nitrogen and oxygen atoms in total. The minimum atomic E-state index is -4.45. The number of hydrogen-bond donors (Lipinski definition) is 7. The summed E-state index contributed by atoms with van der Waals surface area (Å²) in [5, 5.41) is 28.3. The zero-order chi connectivity index (χ0) is 66.9. The predicted molar refractivity (Wildman–Crippen MR) is 339 cm³/mol. The quantitative estimate of drug-likeness (QED) is 0.0397. The summed E-state index contributed by atoms with van der Waals surface area (Å²) in [6.07, 6.45) is 5.04. The number of amides is 4. The molecule has 0 unspecified atom stereocenters. The van der Waals surface area contributed by atoms with E-state index in [0.29, 0.717) is 125 Å². The first kappa shape index (κ1) is 68.6. The number of aryl methyl sites for hydroxylation is 2. The molecule has 4 amide bonds. The number of benzene rings is 3. The van der Waals surface area contributed by atoms with E-state index < -0.39 is 44.5 Å². The fourth-order valence-electron chi connectivity index (χ4n) is 12.4. The first-order valence-electron chi connectivity index (χ1n) is 31.6. The lowest BCUT2D eigenvalue weighted by molar-refractivity contribution is -0.324. The maximum Gasteiger partial charge on any atom is 0.522 e. The fourth-order valence-corrected chi connectivity index (χ4v) is 12.9. The Bertz CT molecular complexity index is 3820. The summed E-state index contributed by atoms with van der Waals surface area (Å²) in [5.41, 5.74) is 16.4. The molecular weight excluding hydrogens is 1230 g/mol. The molecule has 6 aliphatic heterocycles. The molecule has 0 radical (unpaired) electrons. The van der Waals surface area contributed by atoms with Crippen LogP contribution in [0.5, 0.6) is 34.5 Å². The molecule has 3 aromatic carbocycles. The van der Waals surface area contributed by atoms with Crippen LogP contribution in [0.25, 0.3) is 0 Å². The van der Waals surface area contributed by atoms with Gasteiger partial charge in [-0.05, 0) is 76.4 Å². The summed E-state index contributed by atoms with van der Waals surface area (Å²) in [5.74, 6) is 3.26. The van der Waals surface area contributed by atoms with Crippen molar-refractivity contribution in [3.05, 3.63) is 105 Å². The van der Waals surface area contributed by atoms with Crippen molar-refractivity contribution in [3.63, 3.8) is 0 Å². The summed E-state index contributed by atoms with van der Waals surface area (Å²) in [7, 11) is -3.52. The van der Waals surface area contributed by atoms with Crippen molar-refractivity contribution < 1.29 is 73.9 Å². The minimum Gasteiger partial charge on any atom is -0.494 e. The van der Waals surface area contributed by atoms with E-state index in [1.165, 1.54) is 0 Å². The highest BCUT2D eigenvalue weighted by Gasteiger charge is 2.49. The van der Waals surface area contributed by atoms with Crippen LogP contribution in [0.3, 0.4) is 0 Å². The third-order valence-electron chi connectivity index (χ3n) is 16.7. The number of fused-ring (bicyclic) bond motifs is 9. The van der Waals surface area contributed by atoms with E-state index in [4.69, 9.17) is 39.9 Å². The number of carbonyl (C=O) groups excluding carboxylic acids is 4. The number of aromatic nitrogens is 6. The number of nitrogens with zero attached hydrogens (tertiary/aromatic N) is 5. The molecule has 3 spiro atoms. The largest absolute Gasteiger partial charge is 0.522 e. The number of alkyl halides is 3. The number of unbranched alkanes of at least 4 members (excludes halogenated alkanes) is 3. The summed E-state index contributed by atoms with van der Waals surface area (Å²) in [6, 6.07) is 17.2. The summed E-state index contributed by atoms with van der Waals surface area (Å²) < 4.78 is 97.7. The second-order valence-corrected chi connectivity index (χ2v) is 25.6. The maximum absolute atomic E-state index is 13.4. The van der Waals surface area contributed by atoms with Gasteiger partial charge in [0.1, 0.15) is 68.6 Å². The summed E-state index contributed by atoms with van der Waals surface area (Å²) >= 11 is 0. The van der Waals surface area contributed by atoms with Crippen molar-refractivity contribution in [1.82, 2.24) is 45.7 Å². The minimum absolute atomic E-state index is 0.154. The number of rotatable bonds is 18. The van der Waals surface area contributed by atoms with E-state index in [-0.39, 0.29) is 41.5 Å². The monoisotopic (exact) mass is 1320 g/mol. The number of nitrogens with two attached hydrogens (primary N) is 2. The summed E-state index contributed by atoms with van der Waals surface area (Å²) in [6.45, 7) is 16.0. The highest BCUT2D eigenvalue weighted by molar-refractivity contribution is 7.91. The van der Waals surface area contributed by atoms with Gasteiger partial charge in [-0.15, -0.1) is 13.2 Å². The lowest BCUT2D eigenvalue weighted by atomic mass is 9.77. The molecule has 9 N–H and O–H groups in total. The fraction of sp³-hybridized carbons (Fsp3) is 0.516. The molecule has 504 valence electrons. The predicted octanol–water partition coefficient (Wildman–Crippen LogP) is 8.33. The number of halogens is 3. The molecule has 12 rings (SSSR count). The molecule has 29 heteroatoms. The zero-order valence-corrected chi connectivity index (χ0v) is 54.3. The van der Waals surface area contributed by atoms with E-state index >= 15 is 0 Å². The molecule has 93 heavy (non-hydrogen) atoms. The topological polar surface area (TPSA) is 332 Å². The van der Waals surface area contributed by atoms with Gasteiger partial charge in [-0.25, -0.2) is 17.8 Å². The Morgan fingerprint density at radius 2 is 1.06 bits per heavy atom. The molecule has 9 heterocycles. The molecule has 0 fully saturated rings. The van der Waals surface area contributed by atoms with Crippen LogP contribution in [0.1, 0.15) is 164 Å². The van der Waals surface area contributed by atoms with E-state index in [0.717, 1.165) is 96.0 Å². The standard InChI is InChI=1S/C23H30N4O6S.C20H26N4O3.C16H18N4O3.C5H9F3O/c1-4-6-10-27-21(24-19(28)14-34(3,30)31)20-17(26-27)13-23(25-22(20)29)9-11-33-18-12-15(32-5-2)7-8-16(18)23;1-3-5-9-24-18(21)17-15(23-24)12-20(22-19(17)25)8-10-27-16-11-13(26-4-2)6-7-14(16)20;1-2-22-9-3-4-10-12(7-9)23-6-5-16(10)8-11-13(15(21)18-16)14(17)20-19-11;1-2-3-4-9-5(6,7)8/h7-8,12H,4-6,9-11,13-14H2,1-3H3,(H,24,28)(H,25,29);6-7,11H,3-5,8-10,12,21H2,1-2H3,(H,22,25);3-4,7H,2,5-6,8H2,1H3,(H,18,21)(H3,17,19,20);2-4H2,1H3/t23-;20-;16-;/m111./s1. The van der Waals surface area contributed by atoms with Crippen LogP contribution in [0.2, 0.25) is 0 Å². The van der Waals surface area contributed by atoms with E-state index in [9.17, 15) is 40.8 Å². The number of hydrogen-bond acceptors (Lipinski definition) is 18. The van der Waals surface area contributed by atoms with E-state index in [1.54, 1.807) is 16.3 Å². The lowest BCUT2D eigenvalue weighted by Crippen LogP contribution is -2.53. The Labute approximate surface area is 537 Å². The van der Waals surface area contributed by atoms with Gasteiger partial charge in [-0.2, -0.15) is 15.3 Å². The smallest absolute Gasteiger partial charge is 0.494 e. The lowest BCUT2D eigenvalue weighted by Gasteiger charge is -2.41. The average molecular weight is 1320 g/mol. The molecular formula is C64H83F3N12O13S. The van der Waals surface area contributed by atoms with Crippen LogP contribution in [0.15, 0.2) is 54.6 Å². The molecule has 0 saturated carbocycles. The molecule has 3 aromatic heterocycles. The Hall–Kier alpha value is -8.73. The first-order chi connectivity index (χ1) is 44.4. The normalized spacial score (nSPS) is 19.6. The number of nitrogen functional groups attached to an aromatic ring is 2.